The van der Waals surface area contributed by atoms with Crippen LogP contribution in [0.4, 0.5) is 0 Å². The van der Waals surface area contributed by atoms with Gasteiger partial charge in [0.1, 0.15) is 5.92 Å². The maximum Gasteiger partial charge on any atom is 0.341 e. The molecule has 0 bridgehead atoms. The van der Waals surface area contributed by atoms with E-state index < -0.39 is 22.7 Å². The van der Waals surface area contributed by atoms with Crippen molar-refractivity contribution in [2.45, 2.75) is 4.87 Å². The largest absolute Gasteiger partial charge is 0.391 e. The van der Waals surface area contributed by atoms with E-state index in [-0.39, 0.29) is 15.1 Å². The number of carbonyl (C=O) groups excluding carboxylic acids is 2. The predicted octanol–water partition coefficient (Wildman–Crippen LogP) is 2.49. The molecule has 2 aliphatic rings. The Morgan fingerprint density at radius 2 is 1.87 bits per heavy atom. The summed E-state index contributed by atoms with van der Waals surface area (Å²) in [4.78, 5) is 20.9. The van der Waals surface area contributed by atoms with Crippen LogP contribution >= 0.6 is 46.4 Å². The second kappa shape index (κ2) is 3.39. The third-order valence-electron chi connectivity index (χ3n) is 2.21. The zero-order valence-corrected chi connectivity index (χ0v) is 9.92. The molecule has 0 amide bonds. The van der Waals surface area contributed by atoms with Crippen molar-refractivity contribution in [1.29, 1.82) is 0 Å². The minimum absolute atomic E-state index is 0.0452. The van der Waals surface area contributed by atoms with Crippen molar-refractivity contribution < 1.29 is 14.3 Å². The number of hydrogen-bond acceptors (Lipinski definition) is 3. The van der Waals surface area contributed by atoms with Crippen molar-refractivity contribution in [3.63, 3.8) is 0 Å². The van der Waals surface area contributed by atoms with Crippen LogP contribution in [0.15, 0.2) is 21.2 Å². The van der Waals surface area contributed by atoms with Crippen molar-refractivity contribution in [3.05, 3.63) is 21.2 Å². The Balaban J connectivity index is 2.64. The minimum Gasteiger partial charge on any atom is -0.391 e. The van der Waals surface area contributed by atoms with Crippen LogP contribution in [0.2, 0.25) is 0 Å². The number of halogens is 4. The number of hydrogen-bond donors (Lipinski definition) is 0. The van der Waals surface area contributed by atoms with Crippen LogP contribution in [-0.4, -0.2) is 16.8 Å². The fourth-order valence-corrected chi connectivity index (χ4v) is 2.52. The van der Waals surface area contributed by atoms with Crippen LogP contribution in [0.5, 0.6) is 0 Å². The molecule has 7 heteroatoms. The first-order chi connectivity index (χ1) is 6.89. The summed E-state index contributed by atoms with van der Waals surface area (Å²) >= 11 is 23.2. The van der Waals surface area contributed by atoms with E-state index >= 15 is 0 Å². The van der Waals surface area contributed by atoms with E-state index in [4.69, 9.17) is 46.4 Å². The number of ether oxygens (including phenoxy) is 1. The molecule has 15 heavy (non-hydrogen) atoms. The van der Waals surface area contributed by atoms with Gasteiger partial charge in [-0.3, -0.25) is 4.79 Å². The number of fused-ring (bicyclic) bond motifs is 1. The molecule has 0 N–H and O–H groups in total. The van der Waals surface area contributed by atoms with E-state index in [2.05, 4.69) is 4.74 Å². The Morgan fingerprint density at radius 3 is 2.47 bits per heavy atom. The molecule has 1 heterocycles. The number of rotatable bonds is 0. The summed E-state index contributed by atoms with van der Waals surface area (Å²) in [6, 6.07) is 0. The van der Waals surface area contributed by atoms with Gasteiger partial charge in [0.25, 0.3) is 0 Å². The molecule has 2 unspecified atom stereocenters. The molecule has 2 rings (SSSR count). The molecule has 0 spiro atoms. The second-order valence-electron chi connectivity index (χ2n) is 3.04. The Hall–Kier alpha value is -0.220. The highest BCUT2D eigenvalue weighted by Crippen LogP contribution is 2.50. The van der Waals surface area contributed by atoms with Gasteiger partial charge in [-0.25, -0.2) is 4.79 Å². The molecule has 1 fully saturated rings. The molecule has 0 saturated carbocycles. The Bertz CT molecular complexity index is 439. The highest BCUT2D eigenvalue weighted by Gasteiger charge is 2.60. The number of allylic oxidation sites excluding steroid dienone is 2. The number of cyclic esters (lactones) is 2. The molecule has 2 atom stereocenters. The highest BCUT2D eigenvalue weighted by atomic mass is 35.5. The quantitative estimate of drug-likeness (QED) is 0.391. The molecule has 1 aliphatic heterocycles. The molecule has 0 aromatic heterocycles. The first kappa shape index (κ1) is 11.3. The van der Waals surface area contributed by atoms with Gasteiger partial charge < -0.3 is 4.74 Å². The Kier molecular flexibility index (Phi) is 2.54. The summed E-state index contributed by atoms with van der Waals surface area (Å²) in [5.41, 5.74) is 0. The van der Waals surface area contributed by atoms with Crippen molar-refractivity contribution in [2.75, 3.05) is 0 Å². The van der Waals surface area contributed by atoms with Crippen LogP contribution in [0, 0.1) is 5.92 Å². The minimum atomic E-state index is -1.76. The lowest BCUT2D eigenvalue weighted by atomic mass is 9.89. The van der Waals surface area contributed by atoms with E-state index in [1.54, 1.807) is 0 Å². The Labute approximate surface area is 105 Å². The maximum atomic E-state index is 11.4. The summed E-state index contributed by atoms with van der Waals surface area (Å²) in [6.07, 6.45) is 1.26. The van der Waals surface area contributed by atoms with Gasteiger partial charge in [0.05, 0.1) is 15.1 Å². The van der Waals surface area contributed by atoms with Gasteiger partial charge in [-0.15, -0.1) is 0 Å². The second-order valence-corrected chi connectivity index (χ2v) is 4.80. The van der Waals surface area contributed by atoms with Gasteiger partial charge in [0, 0.05) is 0 Å². The van der Waals surface area contributed by atoms with Crippen LogP contribution in [-0.2, 0) is 14.3 Å². The average molecular weight is 288 g/mol. The van der Waals surface area contributed by atoms with Crippen LogP contribution < -0.4 is 0 Å². The zero-order chi connectivity index (χ0) is 11.4. The average Bonchev–Trinajstić information content (AvgIpc) is 2.39. The van der Waals surface area contributed by atoms with E-state index in [1.165, 1.54) is 6.08 Å². The van der Waals surface area contributed by atoms with Crippen LogP contribution in [0.1, 0.15) is 0 Å². The number of carbonyl (C=O) groups is 2. The zero-order valence-electron chi connectivity index (χ0n) is 6.89. The van der Waals surface area contributed by atoms with E-state index in [0.29, 0.717) is 0 Å². The monoisotopic (exact) mass is 286 g/mol. The van der Waals surface area contributed by atoms with Gasteiger partial charge in [0.2, 0.25) is 0 Å². The van der Waals surface area contributed by atoms with Crippen LogP contribution in [0.3, 0.4) is 0 Å². The summed E-state index contributed by atoms with van der Waals surface area (Å²) in [6.45, 7) is 0. The number of esters is 2. The van der Waals surface area contributed by atoms with Crippen molar-refractivity contribution in [1.82, 2.24) is 0 Å². The lowest BCUT2D eigenvalue weighted by Crippen LogP contribution is -2.37. The van der Waals surface area contributed by atoms with Gasteiger partial charge in [-0.1, -0.05) is 46.4 Å². The normalized spacial score (nSPS) is 35.2. The molecule has 1 aliphatic carbocycles. The molecular weight excluding hydrogens is 286 g/mol. The van der Waals surface area contributed by atoms with E-state index in [0.717, 1.165) is 0 Å². The summed E-state index contributed by atoms with van der Waals surface area (Å²) in [5.74, 6) is -2.73. The van der Waals surface area contributed by atoms with Crippen LogP contribution in [0.25, 0.3) is 0 Å². The molecule has 80 valence electrons. The Morgan fingerprint density at radius 1 is 1.27 bits per heavy atom. The smallest absolute Gasteiger partial charge is 0.341 e. The van der Waals surface area contributed by atoms with Crippen molar-refractivity contribution >= 4 is 58.3 Å². The third kappa shape index (κ3) is 1.34. The summed E-state index contributed by atoms with van der Waals surface area (Å²) in [7, 11) is 0. The highest BCUT2D eigenvalue weighted by molar-refractivity contribution is 6.55. The fourth-order valence-electron chi connectivity index (χ4n) is 1.41. The lowest BCUT2D eigenvalue weighted by molar-refractivity contribution is -0.153. The SMILES string of the molecule is O=C1OC(=O)C2(Cl)C(Cl)=C(Cl)C(Cl)=CC12. The molecule has 1 saturated heterocycles. The third-order valence-corrected chi connectivity index (χ3v) is 4.27. The summed E-state index contributed by atoms with van der Waals surface area (Å²) in [5, 5.41) is -0.148. The van der Waals surface area contributed by atoms with Crippen molar-refractivity contribution in [3.8, 4) is 0 Å². The van der Waals surface area contributed by atoms with E-state index in [1.807, 2.05) is 0 Å². The lowest BCUT2D eigenvalue weighted by Gasteiger charge is -2.24. The first-order valence-corrected chi connectivity index (χ1v) is 5.28. The maximum absolute atomic E-state index is 11.4. The van der Waals surface area contributed by atoms with Crippen molar-refractivity contribution in [2.24, 2.45) is 5.92 Å². The fraction of sp³-hybridized carbons (Fsp3) is 0.250. The molecule has 0 aromatic rings. The standard InChI is InChI=1S/C8H2Cl4O3/c9-3-1-2-6(13)15-7(14)8(2,12)5(11)4(3)10/h1-2H. The van der Waals surface area contributed by atoms with Gasteiger partial charge >= 0.3 is 11.9 Å². The predicted molar refractivity (Wildman–Crippen MR) is 55.8 cm³/mol. The number of alkyl halides is 1. The summed E-state index contributed by atoms with van der Waals surface area (Å²) < 4.78 is 4.39. The molecule has 0 aromatic carbocycles. The van der Waals surface area contributed by atoms with Gasteiger partial charge in [-0.2, -0.15) is 0 Å². The van der Waals surface area contributed by atoms with Gasteiger partial charge in [0.15, 0.2) is 4.87 Å². The van der Waals surface area contributed by atoms with Gasteiger partial charge in [-0.05, 0) is 6.08 Å². The first-order valence-electron chi connectivity index (χ1n) is 3.77. The molecule has 3 nitrogen and oxygen atoms in total. The van der Waals surface area contributed by atoms with E-state index in [9.17, 15) is 9.59 Å². The molecule has 0 radical (unpaired) electrons. The topological polar surface area (TPSA) is 43.4 Å². The molecular formula is C8H2Cl4O3.